The minimum Gasteiger partial charge on any atom is -0.475 e. The molecule has 0 spiro atoms. The summed E-state index contributed by atoms with van der Waals surface area (Å²) in [5, 5.41) is 0. The smallest absolute Gasteiger partial charge is 0.348 e. The Morgan fingerprint density at radius 3 is 2.72 bits per heavy atom. The first kappa shape index (κ1) is 12.7. The Hall–Kier alpha value is -1.76. The number of hydrogen-bond donors (Lipinski definition) is 0. The van der Waals surface area contributed by atoms with Crippen molar-refractivity contribution in [3.8, 4) is 5.75 Å². The Balaban J connectivity index is 2.45. The molecule has 1 heterocycles. The summed E-state index contributed by atoms with van der Waals surface area (Å²) in [5.41, 5.74) is 0.431. The van der Waals surface area contributed by atoms with Gasteiger partial charge in [-0.25, -0.2) is 13.2 Å². The van der Waals surface area contributed by atoms with E-state index in [9.17, 15) is 13.2 Å². The monoisotopic (exact) mass is 271 g/mol. The van der Waals surface area contributed by atoms with Crippen LogP contribution in [0.1, 0.15) is 0 Å². The van der Waals surface area contributed by atoms with E-state index in [1.54, 1.807) is 24.3 Å². The van der Waals surface area contributed by atoms with Crippen LogP contribution in [0.5, 0.6) is 5.75 Å². The zero-order valence-corrected chi connectivity index (χ0v) is 10.8. The molecule has 1 atom stereocenters. The van der Waals surface area contributed by atoms with Gasteiger partial charge in [0.05, 0.1) is 25.6 Å². The number of nitrogens with zero attached hydrogens (tertiary/aromatic N) is 1. The van der Waals surface area contributed by atoms with Gasteiger partial charge in [0.15, 0.2) is 0 Å². The van der Waals surface area contributed by atoms with Gasteiger partial charge in [-0.1, -0.05) is 12.1 Å². The standard InChI is InChI=1S/C11H13NO5S/c1-16-11(13)10-7-12(18(2,14)15)8-5-3-4-6-9(8)17-10/h3-6,10H,7H2,1-2H3/t10-/m1/s1. The Morgan fingerprint density at radius 2 is 2.11 bits per heavy atom. The van der Waals surface area contributed by atoms with Crippen LogP contribution in [-0.4, -0.2) is 40.4 Å². The average molecular weight is 271 g/mol. The predicted molar refractivity (Wildman–Crippen MR) is 65.1 cm³/mol. The molecule has 0 saturated heterocycles. The number of ether oxygens (including phenoxy) is 2. The van der Waals surface area contributed by atoms with Gasteiger partial charge < -0.3 is 9.47 Å². The number of esters is 1. The number of anilines is 1. The SMILES string of the molecule is COC(=O)[C@H]1CN(S(C)(=O)=O)c2ccccc2O1. The van der Waals surface area contributed by atoms with Crippen molar-refractivity contribution in [3.63, 3.8) is 0 Å². The van der Waals surface area contributed by atoms with Gasteiger partial charge in [0, 0.05) is 0 Å². The number of carbonyl (C=O) groups excluding carboxylic acids is 1. The van der Waals surface area contributed by atoms with Crippen LogP contribution < -0.4 is 9.04 Å². The highest BCUT2D eigenvalue weighted by atomic mass is 32.2. The summed E-state index contributed by atoms with van der Waals surface area (Å²) in [5.74, 6) is -0.247. The van der Waals surface area contributed by atoms with Crippen molar-refractivity contribution >= 4 is 21.7 Å². The average Bonchev–Trinajstić information content (AvgIpc) is 2.35. The molecule has 2 rings (SSSR count). The van der Waals surface area contributed by atoms with Gasteiger partial charge in [0.1, 0.15) is 5.75 Å². The fourth-order valence-corrected chi connectivity index (χ4v) is 2.68. The quantitative estimate of drug-likeness (QED) is 0.727. The van der Waals surface area contributed by atoms with E-state index >= 15 is 0 Å². The second-order valence-electron chi connectivity index (χ2n) is 3.89. The van der Waals surface area contributed by atoms with Gasteiger partial charge in [-0.05, 0) is 12.1 Å². The first-order valence-electron chi connectivity index (χ1n) is 5.24. The number of carbonyl (C=O) groups is 1. The lowest BCUT2D eigenvalue weighted by molar-refractivity contribution is -0.148. The van der Waals surface area contributed by atoms with Gasteiger partial charge in [-0.2, -0.15) is 0 Å². The van der Waals surface area contributed by atoms with E-state index in [1.165, 1.54) is 7.11 Å². The van der Waals surface area contributed by atoms with E-state index in [2.05, 4.69) is 4.74 Å². The van der Waals surface area contributed by atoms with Crippen molar-refractivity contribution in [2.75, 3.05) is 24.2 Å². The van der Waals surface area contributed by atoms with E-state index in [-0.39, 0.29) is 6.54 Å². The molecule has 1 aromatic carbocycles. The van der Waals surface area contributed by atoms with Gasteiger partial charge in [-0.3, -0.25) is 4.31 Å². The van der Waals surface area contributed by atoms with E-state index < -0.39 is 22.1 Å². The summed E-state index contributed by atoms with van der Waals surface area (Å²) in [6.07, 6.45) is 0.142. The molecule has 6 nitrogen and oxygen atoms in total. The largest absolute Gasteiger partial charge is 0.475 e. The molecule has 1 aromatic rings. The number of rotatable bonds is 2. The fourth-order valence-electron chi connectivity index (χ4n) is 1.77. The van der Waals surface area contributed by atoms with Crippen molar-refractivity contribution in [1.29, 1.82) is 0 Å². The van der Waals surface area contributed by atoms with Crippen LogP contribution in [0.15, 0.2) is 24.3 Å². The topological polar surface area (TPSA) is 72.9 Å². The number of sulfonamides is 1. The highest BCUT2D eigenvalue weighted by molar-refractivity contribution is 7.92. The normalized spacial score (nSPS) is 18.8. The molecule has 7 heteroatoms. The molecule has 1 aliphatic heterocycles. The zero-order valence-electron chi connectivity index (χ0n) is 9.99. The second-order valence-corrected chi connectivity index (χ2v) is 5.80. The Bertz CT molecular complexity index is 569. The van der Waals surface area contributed by atoms with Crippen molar-refractivity contribution in [2.24, 2.45) is 0 Å². The summed E-state index contributed by atoms with van der Waals surface area (Å²) in [6, 6.07) is 6.66. The maximum Gasteiger partial charge on any atom is 0.348 e. The minimum atomic E-state index is -3.47. The lowest BCUT2D eigenvalue weighted by Gasteiger charge is -2.33. The van der Waals surface area contributed by atoms with Crippen molar-refractivity contribution in [2.45, 2.75) is 6.10 Å². The first-order valence-corrected chi connectivity index (χ1v) is 7.09. The zero-order chi connectivity index (χ0) is 13.3. The van der Waals surface area contributed by atoms with E-state index in [0.717, 1.165) is 10.6 Å². The third kappa shape index (κ3) is 2.26. The number of methoxy groups -OCH3 is 1. The molecule has 0 aliphatic carbocycles. The minimum absolute atomic E-state index is 0.0808. The molecule has 0 amide bonds. The van der Waals surface area contributed by atoms with Crippen LogP contribution in [0.2, 0.25) is 0 Å². The van der Waals surface area contributed by atoms with Crippen LogP contribution in [0.25, 0.3) is 0 Å². The number of para-hydroxylation sites is 2. The van der Waals surface area contributed by atoms with Crippen LogP contribution in [0.3, 0.4) is 0 Å². The van der Waals surface area contributed by atoms with Crippen LogP contribution >= 0.6 is 0 Å². The maximum absolute atomic E-state index is 11.7. The Kier molecular flexibility index (Phi) is 3.16. The van der Waals surface area contributed by atoms with Crippen LogP contribution in [0, 0.1) is 0 Å². The summed E-state index contributed by atoms with van der Waals surface area (Å²) >= 11 is 0. The number of fused-ring (bicyclic) bond motifs is 1. The summed E-state index contributed by atoms with van der Waals surface area (Å²) in [7, 11) is -2.24. The molecular formula is C11H13NO5S. The van der Waals surface area contributed by atoms with E-state index in [4.69, 9.17) is 4.74 Å². The lowest BCUT2D eigenvalue weighted by atomic mass is 10.2. The highest BCUT2D eigenvalue weighted by Crippen LogP contribution is 2.34. The number of hydrogen-bond acceptors (Lipinski definition) is 5. The first-order chi connectivity index (χ1) is 8.43. The van der Waals surface area contributed by atoms with Crippen LogP contribution in [0.4, 0.5) is 5.69 Å². The van der Waals surface area contributed by atoms with Crippen molar-refractivity contribution in [3.05, 3.63) is 24.3 Å². The third-order valence-corrected chi connectivity index (χ3v) is 3.75. The van der Waals surface area contributed by atoms with Gasteiger partial charge in [-0.15, -0.1) is 0 Å². The molecule has 0 bridgehead atoms. The van der Waals surface area contributed by atoms with E-state index in [1.807, 2.05) is 0 Å². The molecule has 18 heavy (non-hydrogen) atoms. The maximum atomic E-state index is 11.7. The molecule has 0 fully saturated rings. The molecular weight excluding hydrogens is 258 g/mol. The van der Waals surface area contributed by atoms with Crippen LogP contribution in [-0.2, 0) is 19.6 Å². The molecule has 0 aromatic heterocycles. The molecule has 0 radical (unpaired) electrons. The Morgan fingerprint density at radius 1 is 1.44 bits per heavy atom. The third-order valence-electron chi connectivity index (χ3n) is 2.60. The van der Waals surface area contributed by atoms with Gasteiger partial charge in [0.25, 0.3) is 0 Å². The Labute approximate surface area is 105 Å². The van der Waals surface area contributed by atoms with Crippen molar-refractivity contribution in [1.82, 2.24) is 0 Å². The summed E-state index contributed by atoms with van der Waals surface area (Å²) < 4.78 is 34.6. The van der Waals surface area contributed by atoms with Gasteiger partial charge in [0.2, 0.25) is 16.1 Å². The summed E-state index contributed by atoms with van der Waals surface area (Å²) in [6.45, 7) is -0.0808. The summed E-state index contributed by atoms with van der Waals surface area (Å²) in [4.78, 5) is 11.5. The molecule has 0 saturated carbocycles. The molecule has 1 aliphatic rings. The molecule has 0 unspecified atom stereocenters. The highest BCUT2D eigenvalue weighted by Gasteiger charge is 2.35. The second kappa shape index (κ2) is 4.49. The predicted octanol–water partition coefficient (Wildman–Crippen LogP) is 0.387. The fraction of sp³-hybridized carbons (Fsp3) is 0.364. The lowest BCUT2D eigenvalue weighted by Crippen LogP contribution is -2.47. The van der Waals surface area contributed by atoms with Crippen molar-refractivity contribution < 1.29 is 22.7 Å². The molecule has 0 N–H and O–H groups in total. The molecule has 98 valence electrons. The number of benzene rings is 1. The van der Waals surface area contributed by atoms with Gasteiger partial charge >= 0.3 is 5.97 Å². The van der Waals surface area contributed by atoms with E-state index in [0.29, 0.717) is 11.4 Å².